The summed E-state index contributed by atoms with van der Waals surface area (Å²) in [5.74, 6) is -0.267. The molecule has 0 aromatic carbocycles. The van der Waals surface area contributed by atoms with Crippen LogP contribution >= 0.6 is 0 Å². The van der Waals surface area contributed by atoms with Crippen molar-refractivity contribution < 1.29 is 64.6 Å². The van der Waals surface area contributed by atoms with Crippen molar-refractivity contribution in [2.75, 3.05) is 19.8 Å². The lowest BCUT2D eigenvalue weighted by atomic mass is 9.97. The molecule has 14 nitrogen and oxygen atoms in total. The molecule has 0 saturated carbocycles. The van der Waals surface area contributed by atoms with Crippen LogP contribution in [0.3, 0.4) is 0 Å². The molecule has 0 aromatic rings. The summed E-state index contributed by atoms with van der Waals surface area (Å²) >= 11 is 0. The minimum atomic E-state index is -1.79. The van der Waals surface area contributed by atoms with Gasteiger partial charge < -0.3 is 65.1 Å². The fraction of sp³-hybridized carbons (Fsp3) is 0.721. The fourth-order valence-corrected chi connectivity index (χ4v) is 9.89. The Kier molecular flexibility index (Phi) is 47.4. The summed E-state index contributed by atoms with van der Waals surface area (Å²) in [6, 6.07) is -0.869. The highest BCUT2D eigenvalue weighted by Gasteiger charge is 2.51. The molecule has 0 spiro atoms. The van der Waals surface area contributed by atoms with Crippen molar-refractivity contribution in [1.82, 2.24) is 5.32 Å². The largest absolute Gasteiger partial charge is 0.394 e. The van der Waals surface area contributed by atoms with Crippen molar-refractivity contribution in [1.29, 1.82) is 0 Å². The normalized spacial score (nSPS) is 24.7. The number of amides is 1. The third-order valence-electron chi connectivity index (χ3n) is 15.0. The van der Waals surface area contributed by atoms with Crippen LogP contribution in [0.2, 0.25) is 0 Å². The van der Waals surface area contributed by atoms with Gasteiger partial charge in [0.15, 0.2) is 12.6 Å². The highest BCUT2D eigenvalue weighted by Crippen LogP contribution is 2.30. The van der Waals surface area contributed by atoms with Crippen LogP contribution in [-0.4, -0.2) is 140 Å². The summed E-state index contributed by atoms with van der Waals surface area (Å²) < 4.78 is 22.8. The Morgan fingerprint density at radius 2 is 0.829 bits per heavy atom. The Morgan fingerprint density at radius 1 is 0.451 bits per heavy atom. The van der Waals surface area contributed by atoms with Crippen LogP contribution in [0.4, 0.5) is 0 Å². The van der Waals surface area contributed by atoms with Gasteiger partial charge in [-0.25, -0.2) is 0 Å². The lowest BCUT2D eigenvalue weighted by Crippen LogP contribution is -2.65. The molecule has 12 unspecified atom stereocenters. The van der Waals surface area contributed by atoms with E-state index in [1.165, 1.54) is 96.3 Å². The maximum Gasteiger partial charge on any atom is 0.220 e. The molecule has 82 heavy (non-hydrogen) atoms. The van der Waals surface area contributed by atoms with Crippen molar-refractivity contribution in [3.8, 4) is 0 Å². The Morgan fingerprint density at radius 3 is 1.24 bits per heavy atom. The van der Waals surface area contributed by atoms with Gasteiger partial charge in [0, 0.05) is 6.42 Å². The molecule has 2 fully saturated rings. The van der Waals surface area contributed by atoms with Crippen molar-refractivity contribution in [2.45, 2.75) is 293 Å². The molecule has 2 aliphatic heterocycles. The van der Waals surface area contributed by atoms with E-state index in [0.29, 0.717) is 19.3 Å². The SMILES string of the molecule is CC/C=C\C/C=C\C/C=C\C/C=C\C/C=C\C/C=C\C/C=C\C/C=C\C/C=C\CCCC(=O)NC(COC1OC(CO)C(OC2OC(CO)C(O)C(O)C2O)C(O)C1O)C(O)CCCCCCCCCCCCCCCCCCCCC. The molecular weight excluding hydrogens is 1040 g/mol. The quantitative estimate of drug-likeness (QED) is 0.0204. The van der Waals surface area contributed by atoms with Gasteiger partial charge in [0.1, 0.15) is 48.8 Å². The molecule has 0 radical (unpaired) electrons. The first-order valence-electron chi connectivity index (χ1n) is 32.1. The molecule has 2 saturated heterocycles. The molecule has 2 heterocycles. The second kappa shape index (κ2) is 52.0. The predicted molar refractivity (Wildman–Crippen MR) is 332 cm³/mol. The standard InChI is InChI=1S/C68H115NO13/c1-3-5-7-9-11-13-15-17-19-21-23-24-25-26-27-28-29-30-31-32-34-36-38-40-42-44-46-48-50-52-60(73)69-56(57(72)51-49-47-45-43-41-39-37-35-33-22-20-18-16-14-12-10-8-6-4-2)55-79-67-65(78)63(76)66(59(54-71)81-67)82-68-64(77)62(75)61(74)58(53-70)80-68/h5,7,11,13,17,19,23-24,26-27,29-30,32,34,38,40,44,46,56-59,61-68,70-72,74-78H,3-4,6,8-10,12,14-16,18,20-22,25,28,31,33,35-37,39,41-43,45,47-55H2,1-2H3,(H,69,73)/b7-5-,13-11-,19-17-,24-23-,27-26-,30-29-,34-32-,40-38-,46-44-. The number of hydrogen-bond acceptors (Lipinski definition) is 13. The molecule has 9 N–H and O–H groups in total. The molecule has 2 aliphatic rings. The van der Waals surface area contributed by atoms with Crippen molar-refractivity contribution >= 4 is 5.91 Å². The van der Waals surface area contributed by atoms with Crippen LogP contribution in [0.5, 0.6) is 0 Å². The minimum Gasteiger partial charge on any atom is -0.394 e. The van der Waals surface area contributed by atoms with Crippen LogP contribution < -0.4 is 5.32 Å². The van der Waals surface area contributed by atoms with Crippen LogP contribution in [0, 0.1) is 0 Å². The topological polar surface area (TPSA) is 228 Å². The van der Waals surface area contributed by atoms with Crippen LogP contribution in [0.15, 0.2) is 109 Å². The predicted octanol–water partition coefficient (Wildman–Crippen LogP) is 12.0. The number of carbonyl (C=O) groups excluding carboxylic acids is 1. The summed E-state index contributed by atoms with van der Waals surface area (Å²) in [5, 5.41) is 87.4. The van der Waals surface area contributed by atoms with E-state index in [4.69, 9.17) is 18.9 Å². The number of hydrogen-bond donors (Lipinski definition) is 9. The first-order chi connectivity index (χ1) is 40.1. The van der Waals surface area contributed by atoms with Gasteiger partial charge in [-0.1, -0.05) is 245 Å². The molecule has 12 atom stereocenters. The molecule has 1 amide bonds. The van der Waals surface area contributed by atoms with Gasteiger partial charge in [0.05, 0.1) is 32.0 Å². The van der Waals surface area contributed by atoms with Crippen LogP contribution in [-0.2, 0) is 23.7 Å². The number of unbranched alkanes of at least 4 members (excludes halogenated alkanes) is 19. The Balaban J connectivity index is 1.76. The number of carbonyl (C=O) groups is 1. The van der Waals surface area contributed by atoms with Gasteiger partial charge in [0.2, 0.25) is 5.91 Å². The second-order valence-electron chi connectivity index (χ2n) is 22.2. The zero-order valence-electron chi connectivity index (χ0n) is 50.7. The monoisotopic (exact) mass is 1150 g/mol. The molecule has 0 aromatic heterocycles. The fourth-order valence-electron chi connectivity index (χ4n) is 9.89. The number of ether oxygens (including phenoxy) is 4. The summed E-state index contributed by atoms with van der Waals surface area (Å²) in [5.41, 5.74) is 0. The van der Waals surface area contributed by atoms with Gasteiger partial charge in [-0.3, -0.25) is 4.79 Å². The van der Waals surface area contributed by atoms with E-state index in [0.717, 1.165) is 83.5 Å². The lowest BCUT2D eigenvalue weighted by Gasteiger charge is -2.46. The van der Waals surface area contributed by atoms with Crippen molar-refractivity contribution in [2.24, 2.45) is 0 Å². The number of nitrogens with one attached hydrogen (secondary N) is 1. The molecule has 0 aliphatic carbocycles. The van der Waals surface area contributed by atoms with E-state index in [9.17, 15) is 45.6 Å². The van der Waals surface area contributed by atoms with E-state index in [2.05, 4.69) is 129 Å². The Hall–Kier alpha value is -3.35. The summed E-state index contributed by atoms with van der Waals surface area (Å²) in [4.78, 5) is 13.3. The van der Waals surface area contributed by atoms with E-state index in [1.807, 2.05) is 0 Å². The molecule has 14 heteroatoms. The lowest BCUT2D eigenvalue weighted by molar-refractivity contribution is -0.359. The van der Waals surface area contributed by atoms with Gasteiger partial charge in [-0.2, -0.15) is 0 Å². The average Bonchev–Trinajstić information content (AvgIpc) is 3.65. The van der Waals surface area contributed by atoms with Gasteiger partial charge >= 0.3 is 0 Å². The average molecular weight is 1150 g/mol. The zero-order chi connectivity index (χ0) is 59.5. The second-order valence-corrected chi connectivity index (χ2v) is 22.2. The maximum atomic E-state index is 13.3. The van der Waals surface area contributed by atoms with Crippen LogP contribution in [0.25, 0.3) is 0 Å². The molecule has 470 valence electrons. The number of aliphatic hydroxyl groups is 8. The Bertz CT molecular complexity index is 1790. The first kappa shape index (κ1) is 74.7. The number of rotatable bonds is 50. The summed E-state index contributed by atoms with van der Waals surface area (Å²) in [6.45, 7) is 2.71. The highest BCUT2D eigenvalue weighted by molar-refractivity contribution is 5.76. The van der Waals surface area contributed by atoms with E-state index < -0.39 is 86.8 Å². The molecule has 2 rings (SSSR count). The van der Waals surface area contributed by atoms with E-state index >= 15 is 0 Å². The van der Waals surface area contributed by atoms with Gasteiger partial charge in [-0.15, -0.1) is 0 Å². The summed E-state index contributed by atoms with van der Waals surface area (Å²) in [7, 11) is 0. The van der Waals surface area contributed by atoms with Gasteiger partial charge in [0.25, 0.3) is 0 Å². The smallest absolute Gasteiger partial charge is 0.220 e. The number of aliphatic hydroxyl groups excluding tert-OH is 8. The third-order valence-corrected chi connectivity index (χ3v) is 15.0. The van der Waals surface area contributed by atoms with Crippen molar-refractivity contribution in [3.05, 3.63) is 109 Å². The number of allylic oxidation sites excluding steroid dienone is 18. The summed E-state index contributed by atoms with van der Waals surface area (Å²) in [6.07, 6.45) is 56.6. The minimum absolute atomic E-state index is 0.217. The van der Waals surface area contributed by atoms with Gasteiger partial charge in [-0.05, 0) is 77.0 Å². The van der Waals surface area contributed by atoms with Crippen LogP contribution in [0.1, 0.15) is 219 Å². The molecule has 0 bridgehead atoms. The third kappa shape index (κ3) is 36.5. The first-order valence-corrected chi connectivity index (χ1v) is 32.1. The molecular formula is C68H115NO13. The van der Waals surface area contributed by atoms with E-state index in [-0.39, 0.29) is 18.9 Å². The van der Waals surface area contributed by atoms with Crippen molar-refractivity contribution in [3.63, 3.8) is 0 Å². The van der Waals surface area contributed by atoms with E-state index in [1.54, 1.807) is 0 Å². The zero-order valence-corrected chi connectivity index (χ0v) is 50.7. The highest BCUT2D eigenvalue weighted by atomic mass is 16.7. The Labute approximate surface area is 495 Å². The maximum absolute atomic E-state index is 13.3.